The van der Waals surface area contributed by atoms with E-state index in [0.717, 1.165) is 0 Å². The van der Waals surface area contributed by atoms with Crippen LogP contribution in [-0.4, -0.2) is 29.6 Å². The largest absolute Gasteiger partial charge is 0.481 e. The van der Waals surface area contributed by atoms with Gasteiger partial charge in [-0.2, -0.15) is 0 Å². The van der Waals surface area contributed by atoms with E-state index in [1.807, 2.05) is 0 Å². The van der Waals surface area contributed by atoms with Gasteiger partial charge in [0.1, 0.15) is 5.75 Å². The van der Waals surface area contributed by atoms with Crippen molar-refractivity contribution in [2.75, 3.05) is 6.54 Å². The van der Waals surface area contributed by atoms with Crippen molar-refractivity contribution < 1.29 is 19.4 Å². The predicted molar refractivity (Wildman–Crippen MR) is 81.0 cm³/mol. The van der Waals surface area contributed by atoms with Gasteiger partial charge in [-0.15, -0.1) is 0 Å². The van der Waals surface area contributed by atoms with Crippen molar-refractivity contribution in [3.05, 3.63) is 28.2 Å². The molecule has 7 heteroatoms. The summed E-state index contributed by atoms with van der Waals surface area (Å²) in [6.45, 7) is 3.61. The maximum Gasteiger partial charge on any atom is 0.303 e. The molecule has 0 aliphatic carbocycles. The minimum Gasteiger partial charge on any atom is -0.481 e. The summed E-state index contributed by atoms with van der Waals surface area (Å²) in [5, 5.41) is 12.1. The third-order valence-electron chi connectivity index (χ3n) is 2.67. The summed E-state index contributed by atoms with van der Waals surface area (Å²) in [7, 11) is 0. The van der Waals surface area contributed by atoms with Gasteiger partial charge in [-0.3, -0.25) is 9.59 Å². The second-order valence-corrected chi connectivity index (χ2v) is 5.69. The maximum atomic E-state index is 11.9. The monoisotopic (exact) mass is 333 g/mol. The Labute approximate surface area is 133 Å². The molecule has 0 saturated carbocycles. The Kier molecular flexibility index (Phi) is 6.78. The van der Waals surface area contributed by atoms with Gasteiger partial charge in [-0.05, 0) is 31.0 Å². The van der Waals surface area contributed by atoms with E-state index in [4.69, 9.17) is 33.0 Å². The highest BCUT2D eigenvalue weighted by atomic mass is 35.5. The number of carboxylic acids is 1. The number of hydrogen-bond donors (Lipinski definition) is 2. The van der Waals surface area contributed by atoms with E-state index in [-0.39, 0.29) is 24.8 Å². The Bertz CT molecular complexity index is 501. The van der Waals surface area contributed by atoms with Crippen molar-refractivity contribution >= 4 is 35.1 Å². The van der Waals surface area contributed by atoms with Gasteiger partial charge in [0.25, 0.3) is 5.91 Å². The summed E-state index contributed by atoms with van der Waals surface area (Å²) in [6, 6.07) is 4.68. The van der Waals surface area contributed by atoms with E-state index in [0.29, 0.717) is 15.8 Å². The smallest absolute Gasteiger partial charge is 0.303 e. The van der Waals surface area contributed by atoms with E-state index in [2.05, 4.69) is 5.32 Å². The Hall–Kier alpha value is -1.46. The lowest BCUT2D eigenvalue weighted by molar-refractivity contribution is -0.138. The van der Waals surface area contributed by atoms with Gasteiger partial charge in [-0.25, -0.2) is 0 Å². The first kappa shape index (κ1) is 17.6. The zero-order valence-electron chi connectivity index (χ0n) is 11.7. The summed E-state index contributed by atoms with van der Waals surface area (Å²) in [4.78, 5) is 22.4. The molecule has 0 aromatic heterocycles. The Balaban J connectivity index is 2.49. The summed E-state index contributed by atoms with van der Waals surface area (Å²) in [5.74, 6) is -0.981. The predicted octanol–water partition coefficient (Wildman–Crippen LogP) is 2.99. The van der Waals surface area contributed by atoms with Crippen LogP contribution in [0.25, 0.3) is 0 Å². The fourth-order valence-corrected chi connectivity index (χ4v) is 2.15. The lowest BCUT2D eigenvalue weighted by Gasteiger charge is -2.16. The number of hydrogen-bond acceptors (Lipinski definition) is 3. The van der Waals surface area contributed by atoms with Crippen molar-refractivity contribution in [1.82, 2.24) is 5.32 Å². The molecule has 1 amide bonds. The van der Waals surface area contributed by atoms with Gasteiger partial charge >= 0.3 is 5.97 Å². The number of ether oxygens (including phenoxy) is 1. The Morgan fingerprint density at radius 3 is 2.33 bits per heavy atom. The van der Waals surface area contributed by atoms with Crippen LogP contribution in [0.4, 0.5) is 0 Å². The highest BCUT2D eigenvalue weighted by Crippen LogP contribution is 2.24. The zero-order chi connectivity index (χ0) is 16.0. The van der Waals surface area contributed by atoms with E-state index in [9.17, 15) is 9.59 Å². The number of carbonyl (C=O) groups excluding carboxylic acids is 1. The van der Waals surface area contributed by atoms with Crippen molar-refractivity contribution in [3.8, 4) is 5.75 Å². The van der Waals surface area contributed by atoms with Gasteiger partial charge in [0.05, 0.1) is 0 Å². The van der Waals surface area contributed by atoms with E-state index in [1.165, 1.54) is 0 Å². The highest BCUT2D eigenvalue weighted by Gasteiger charge is 2.16. The summed E-state index contributed by atoms with van der Waals surface area (Å²) >= 11 is 11.7. The first-order chi connectivity index (χ1) is 9.77. The third-order valence-corrected chi connectivity index (χ3v) is 3.10. The maximum absolute atomic E-state index is 11.9. The Morgan fingerprint density at radius 1 is 1.24 bits per heavy atom. The van der Waals surface area contributed by atoms with Crippen molar-refractivity contribution in [2.45, 2.75) is 26.4 Å². The number of amides is 1. The normalized spacial score (nSPS) is 13.3. The first-order valence-corrected chi connectivity index (χ1v) is 7.15. The lowest BCUT2D eigenvalue weighted by atomic mass is 10.1. The molecule has 116 valence electrons. The molecule has 2 atom stereocenters. The van der Waals surface area contributed by atoms with Crippen LogP contribution in [0.2, 0.25) is 10.0 Å². The van der Waals surface area contributed by atoms with Crippen LogP contribution in [0.15, 0.2) is 18.2 Å². The molecule has 1 aromatic carbocycles. The van der Waals surface area contributed by atoms with Gasteiger partial charge in [0, 0.05) is 23.0 Å². The molecule has 0 aliphatic heterocycles. The van der Waals surface area contributed by atoms with E-state index < -0.39 is 12.1 Å². The number of nitrogens with one attached hydrogen (secondary N) is 1. The fraction of sp³-hybridized carbons (Fsp3) is 0.429. The fourth-order valence-electron chi connectivity index (χ4n) is 1.64. The third kappa shape index (κ3) is 6.69. The minimum absolute atomic E-state index is 0.000576. The van der Waals surface area contributed by atoms with Gasteiger partial charge in [-0.1, -0.05) is 30.1 Å². The van der Waals surface area contributed by atoms with Crippen LogP contribution in [0.3, 0.4) is 0 Å². The molecule has 0 fully saturated rings. The molecule has 0 saturated heterocycles. The van der Waals surface area contributed by atoms with Crippen LogP contribution >= 0.6 is 23.2 Å². The van der Waals surface area contributed by atoms with Gasteiger partial charge < -0.3 is 15.2 Å². The van der Waals surface area contributed by atoms with Crippen LogP contribution < -0.4 is 10.1 Å². The molecular weight excluding hydrogens is 317 g/mol. The number of halogens is 2. The average Bonchev–Trinajstić information content (AvgIpc) is 2.33. The number of benzene rings is 1. The summed E-state index contributed by atoms with van der Waals surface area (Å²) < 4.78 is 5.45. The molecule has 2 unspecified atom stereocenters. The quantitative estimate of drug-likeness (QED) is 0.804. The highest BCUT2D eigenvalue weighted by molar-refractivity contribution is 6.34. The van der Waals surface area contributed by atoms with Crippen molar-refractivity contribution in [3.63, 3.8) is 0 Å². The molecule has 0 heterocycles. The second-order valence-electron chi connectivity index (χ2n) is 4.81. The number of aliphatic carboxylic acids is 1. The van der Waals surface area contributed by atoms with Crippen LogP contribution in [0.5, 0.6) is 5.75 Å². The molecule has 5 nitrogen and oxygen atoms in total. The first-order valence-electron chi connectivity index (χ1n) is 6.40. The second kappa shape index (κ2) is 8.10. The standard InChI is InChI=1S/C14H17Cl2NO4/c1-8(3-13(18)19)7-17-14(20)9(2)21-12-5-10(15)4-11(16)6-12/h4-6,8-9H,3,7H2,1-2H3,(H,17,20)(H,18,19). The van der Waals surface area contributed by atoms with Crippen molar-refractivity contribution in [1.29, 1.82) is 0 Å². The molecular formula is C14H17Cl2NO4. The number of carboxylic acid groups (broad SMARTS) is 1. The Morgan fingerprint density at radius 2 is 1.81 bits per heavy atom. The topological polar surface area (TPSA) is 75.6 Å². The number of rotatable bonds is 7. The van der Waals surface area contributed by atoms with Crippen LogP contribution in [-0.2, 0) is 9.59 Å². The molecule has 0 bridgehead atoms. The number of carbonyl (C=O) groups is 2. The average molecular weight is 334 g/mol. The zero-order valence-corrected chi connectivity index (χ0v) is 13.2. The summed E-state index contributed by atoms with van der Waals surface area (Å²) in [6.07, 6.45) is -0.740. The van der Waals surface area contributed by atoms with Crippen LogP contribution in [0.1, 0.15) is 20.3 Å². The van der Waals surface area contributed by atoms with E-state index >= 15 is 0 Å². The SMILES string of the molecule is CC(CNC(=O)C(C)Oc1cc(Cl)cc(Cl)c1)CC(=O)O. The van der Waals surface area contributed by atoms with Gasteiger partial charge in [0.2, 0.25) is 0 Å². The van der Waals surface area contributed by atoms with Crippen molar-refractivity contribution in [2.24, 2.45) is 5.92 Å². The summed E-state index contributed by atoms with van der Waals surface area (Å²) in [5.41, 5.74) is 0. The molecule has 1 aromatic rings. The van der Waals surface area contributed by atoms with Gasteiger partial charge in [0.15, 0.2) is 6.10 Å². The lowest BCUT2D eigenvalue weighted by Crippen LogP contribution is -2.38. The minimum atomic E-state index is -0.894. The molecule has 1 rings (SSSR count). The molecule has 21 heavy (non-hydrogen) atoms. The molecule has 0 aliphatic rings. The molecule has 0 spiro atoms. The van der Waals surface area contributed by atoms with E-state index in [1.54, 1.807) is 32.0 Å². The molecule has 2 N–H and O–H groups in total. The molecule has 0 radical (unpaired) electrons. The van der Waals surface area contributed by atoms with Crippen LogP contribution in [0, 0.1) is 5.92 Å².